The zero-order valence-electron chi connectivity index (χ0n) is 13.4. The molecule has 1 fully saturated rings. The molecule has 0 radical (unpaired) electrons. The van der Waals surface area contributed by atoms with Crippen molar-refractivity contribution in [3.05, 3.63) is 46.4 Å². The Morgan fingerprint density at radius 3 is 2.38 bits per heavy atom. The molecule has 0 aliphatic carbocycles. The number of nitrogens with two attached hydrogens (primary N) is 1. The summed E-state index contributed by atoms with van der Waals surface area (Å²) in [6.07, 6.45) is 1.07. The van der Waals surface area contributed by atoms with Crippen LogP contribution in [0.2, 0.25) is 0 Å². The van der Waals surface area contributed by atoms with E-state index in [4.69, 9.17) is 10.3 Å². The normalized spacial score (nSPS) is 15.5. The number of nitrogens with zero attached hydrogens (tertiary/aromatic N) is 2. The van der Waals surface area contributed by atoms with Gasteiger partial charge in [-0.3, -0.25) is 9.59 Å². The van der Waals surface area contributed by atoms with Crippen LogP contribution in [0.15, 0.2) is 39.6 Å². The van der Waals surface area contributed by atoms with Gasteiger partial charge in [-0.05, 0) is 18.4 Å². The summed E-state index contributed by atoms with van der Waals surface area (Å²) in [5.41, 5.74) is 5.91. The van der Waals surface area contributed by atoms with E-state index in [2.05, 4.69) is 0 Å². The van der Waals surface area contributed by atoms with E-state index in [-0.39, 0.29) is 29.0 Å². The Labute approximate surface area is 138 Å². The Morgan fingerprint density at radius 1 is 1.17 bits per heavy atom. The number of carbonyl (C=O) groups is 2. The molecule has 0 bridgehead atoms. The average molecular weight is 329 g/mol. The smallest absolute Gasteiger partial charge is 0.366 e. The summed E-state index contributed by atoms with van der Waals surface area (Å²) in [6.45, 7) is 0.861. The van der Waals surface area contributed by atoms with Crippen LogP contribution < -0.4 is 11.4 Å². The molecule has 2 N–H and O–H groups in total. The molecule has 1 aromatic heterocycles. The molecule has 1 saturated heterocycles. The average Bonchev–Trinajstić information content (AvgIpc) is 2.89. The predicted molar refractivity (Wildman–Crippen MR) is 87.2 cm³/mol. The Bertz CT molecular complexity index is 814. The molecular weight excluding hydrogens is 310 g/mol. The third-order valence-corrected chi connectivity index (χ3v) is 4.43. The van der Waals surface area contributed by atoms with Crippen LogP contribution in [0, 0.1) is 5.92 Å². The molecule has 1 aliphatic heterocycles. The van der Waals surface area contributed by atoms with E-state index < -0.39 is 5.63 Å². The van der Waals surface area contributed by atoms with Crippen LogP contribution in [0.5, 0.6) is 0 Å². The summed E-state index contributed by atoms with van der Waals surface area (Å²) in [4.78, 5) is 38.0. The highest BCUT2D eigenvalue weighted by Gasteiger charge is 2.31. The topological polar surface area (TPSA) is 98.5 Å². The number of likely N-dealkylation sites (tertiary alicyclic amines) is 1. The van der Waals surface area contributed by atoms with Gasteiger partial charge in [-0.2, -0.15) is 0 Å². The minimum absolute atomic E-state index is 0.198. The highest BCUT2D eigenvalue weighted by Crippen LogP contribution is 2.24. The summed E-state index contributed by atoms with van der Waals surface area (Å²) in [6, 6.07) is 8.97. The summed E-state index contributed by atoms with van der Waals surface area (Å²) >= 11 is 0. The van der Waals surface area contributed by atoms with Gasteiger partial charge in [-0.1, -0.05) is 30.3 Å². The van der Waals surface area contributed by atoms with Crippen molar-refractivity contribution in [1.29, 1.82) is 0 Å². The Morgan fingerprint density at radius 2 is 1.79 bits per heavy atom. The maximum absolute atomic E-state index is 12.9. The summed E-state index contributed by atoms with van der Waals surface area (Å²) in [5, 5.41) is 0. The molecule has 2 heterocycles. The number of piperidine rings is 1. The van der Waals surface area contributed by atoms with Crippen molar-refractivity contribution in [2.75, 3.05) is 13.1 Å². The molecule has 2 aromatic rings. The molecule has 7 nitrogen and oxygen atoms in total. The maximum atomic E-state index is 12.9. The zero-order valence-corrected chi connectivity index (χ0v) is 13.4. The van der Waals surface area contributed by atoms with Crippen LogP contribution in [-0.4, -0.2) is 34.5 Å². The van der Waals surface area contributed by atoms with Gasteiger partial charge in [0, 0.05) is 26.1 Å². The van der Waals surface area contributed by atoms with Crippen molar-refractivity contribution in [3.63, 3.8) is 0 Å². The van der Waals surface area contributed by atoms with Crippen molar-refractivity contribution in [1.82, 2.24) is 9.64 Å². The van der Waals surface area contributed by atoms with Gasteiger partial charge >= 0.3 is 5.63 Å². The van der Waals surface area contributed by atoms with E-state index in [1.807, 2.05) is 6.07 Å². The molecule has 0 spiro atoms. The first kappa shape index (κ1) is 16.0. The highest BCUT2D eigenvalue weighted by molar-refractivity contribution is 5.99. The van der Waals surface area contributed by atoms with E-state index in [1.54, 1.807) is 29.2 Å². The third kappa shape index (κ3) is 2.84. The predicted octanol–water partition coefficient (Wildman–Crippen LogP) is 0.983. The van der Waals surface area contributed by atoms with Crippen LogP contribution in [-0.2, 0) is 11.8 Å². The minimum atomic E-state index is -0.543. The Kier molecular flexibility index (Phi) is 4.24. The molecule has 1 aliphatic rings. The lowest BCUT2D eigenvalue weighted by Crippen LogP contribution is -2.42. The van der Waals surface area contributed by atoms with Gasteiger partial charge in [0.05, 0.1) is 0 Å². The minimum Gasteiger partial charge on any atom is -0.369 e. The number of aromatic nitrogens is 1. The Hall–Kier alpha value is -2.83. The van der Waals surface area contributed by atoms with Crippen LogP contribution in [0.3, 0.4) is 0 Å². The number of primary amides is 1. The zero-order chi connectivity index (χ0) is 17.3. The van der Waals surface area contributed by atoms with Crippen molar-refractivity contribution >= 4 is 11.8 Å². The first-order chi connectivity index (χ1) is 11.5. The summed E-state index contributed by atoms with van der Waals surface area (Å²) in [5.74, 6) is -0.802. The number of hydrogen-bond acceptors (Lipinski definition) is 4. The van der Waals surface area contributed by atoms with Gasteiger partial charge in [0.2, 0.25) is 5.91 Å². The molecule has 126 valence electrons. The lowest BCUT2D eigenvalue weighted by Gasteiger charge is -2.30. The quantitative estimate of drug-likeness (QED) is 0.907. The monoisotopic (exact) mass is 329 g/mol. The van der Waals surface area contributed by atoms with Crippen molar-refractivity contribution in [2.45, 2.75) is 12.8 Å². The molecule has 2 amide bonds. The number of carbonyl (C=O) groups excluding carboxylic acids is 2. The number of aryl methyl sites for hydroxylation is 1. The molecule has 0 saturated carbocycles. The molecule has 3 rings (SSSR count). The number of rotatable bonds is 3. The number of benzene rings is 1. The highest BCUT2D eigenvalue weighted by atomic mass is 16.5. The van der Waals surface area contributed by atoms with Crippen molar-refractivity contribution in [2.24, 2.45) is 18.7 Å². The molecule has 24 heavy (non-hydrogen) atoms. The number of hydrogen-bond donors (Lipinski definition) is 1. The number of amides is 2. The fourth-order valence-electron chi connectivity index (χ4n) is 3.09. The van der Waals surface area contributed by atoms with E-state index in [0.29, 0.717) is 31.5 Å². The second-order valence-corrected chi connectivity index (χ2v) is 5.93. The molecule has 1 aromatic carbocycles. The van der Waals surface area contributed by atoms with E-state index in [1.165, 1.54) is 11.8 Å². The fraction of sp³-hybridized carbons (Fsp3) is 0.353. The maximum Gasteiger partial charge on any atom is 0.366 e. The van der Waals surface area contributed by atoms with Gasteiger partial charge in [-0.25, -0.2) is 9.53 Å². The van der Waals surface area contributed by atoms with Gasteiger partial charge in [-0.15, -0.1) is 0 Å². The van der Waals surface area contributed by atoms with Crippen molar-refractivity contribution in [3.8, 4) is 11.1 Å². The SMILES string of the molecule is Cn1oc(=O)c(-c2ccccc2)c1C(=O)N1CCC(C(N)=O)CC1. The van der Waals surface area contributed by atoms with Gasteiger partial charge < -0.3 is 15.2 Å². The van der Waals surface area contributed by atoms with Gasteiger partial charge in [0.1, 0.15) is 5.56 Å². The molecule has 0 atom stereocenters. The van der Waals surface area contributed by atoms with Crippen LogP contribution in [0.1, 0.15) is 23.3 Å². The first-order valence-corrected chi connectivity index (χ1v) is 7.83. The first-order valence-electron chi connectivity index (χ1n) is 7.83. The summed E-state index contributed by atoms with van der Waals surface area (Å²) in [7, 11) is 1.54. The largest absolute Gasteiger partial charge is 0.369 e. The Balaban J connectivity index is 1.92. The van der Waals surface area contributed by atoms with Crippen LogP contribution in [0.4, 0.5) is 0 Å². The lowest BCUT2D eigenvalue weighted by molar-refractivity contribution is -0.123. The second kappa shape index (κ2) is 6.35. The lowest BCUT2D eigenvalue weighted by atomic mass is 9.95. The van der Waals surface area contributed by atoms with E-state index in [0.717, 1.165) is 0 Å². The molecule has 0 unspecified atom stereocenters. The van der Waals surface area contributed by atoms with E-state index >= 15 is 0 Å². The molecule has 7 heteroatoms. The second-order valence-electron chi connectivity index (χ2n) is 5.93. The summed E-state index contributed by atoms with van der Waals surface area (Å²) < 4.78 is 6.33. The van der Waals surface area contributed by atoms with Crippen LogP contribution in [0.25, 0.3) is 11.1 Å². The van der Waals surface area contributed by atoms with Crippen molar-refractivity contribution < 1.29 is 14.1 Å². The van der Waals surface area contributed by atoms with Gasteiger partial charge in [0.25, 0.3) is 5.91 Å². The standard InChI is InChI=1S/C17H19N3O4/c1-19-14(13(17(23)24-19)11-5-3-2-4-6-11)16(22)20-9-7-12(8-10-20)15(18)21/h2-6,12H,7-10H2,1H3,(H2,18,21). The van der Waals surface area contributed by atoms with Gasteiger partial charge in [0.15, 0.2) is 5.69 Å². The third-order valence-electron chi connectivity index (χ3n) is 4.43. The van der Waals surface area contributed by atoms with Crippen LogP contribution >= 0.6 is 0 Å². The molecular formula is C17H19N3O4. The fourth-order valence-corrected chi connectivity index (χ4v) is 3.09. The van der Waals surface area contributed by atoms with E-state index in [9.17, 15) is 14.4 Å².